The normalized spacial score (nSPS) is 14.1. The van der Waals surface area contributed by atoms with E-state index in [0.29, 0.717) is 48.6 Å². The number of benzene rings is 2. The lowest BCUT2D eigenvalue weighted by Crippen LogP contribution is -2.46. The predicted molar refractivity (Wildman–Crippen MR) is 122 cm³/mol. The van der Waals surface area contributed by atoms with E-state index in [-0.39, 0.29) is 17.9 Å². The SMILES string of the molecule is COc1ccc(-c2ccccc2C(=O)N2CCC(NC(=O)c3ccc(C)cc3)CC2)nn1. The summed E-state index contributed by atoms with van der Waals surface area (Å²) < 4.78 is 5.07. The summed E-state index contributed by atoms with van der Waals surface area (Å²) in [6.07, 6.45) is 1.43. The molecule has 0 unspecified atom stereocenters. The van der Waals surface area contributed by atoms with E-state index in [2.05, 4.69) is 15.5 Å². The van der Waals surface area contributed by atoms with Crippen LogP contribution in [0.5, 0.6) is 5.88 Å². The molecule has 7 heteroatoms. The van der Waals surface area contributed by atoms with Crippen LogP contribution in [-0.4, -0.2) is 53.2 Å². The smallest absolute Gasteiger partial charge is 0.254 e. The highest BCUT2D eigenvalue weighted by molar-refractivity contribution is 6.00. The number of likely N-dealkylation sites (tertiary alicyclic amines) is 1. The van der Waals surface area contributed by atoms with Crippen molar-refractivity contribution in [2.45, 2.75) is 25.8 Å². The van der Waals surface area contributed by atoms with Crippen LogP contribution in [0.2, 0.25) is 0 Å². The molecular formula is C25H26N4O3. The standard InChI is InChI=1S/C25H26N4O3/c1-17-7-9-18(10-8-17)24(30)26-19-13-15-29(16-14-19)25(31)21-6-4-3-5-20(21)22-11-12-23(32-2)28-27-22/h3-12,19H,13-16H2,1-2H3,(H,26,30). The van der Waals surface area contributed by atoms with E-state index in [9.17, 15) is 9.59 Å². The van der Waals surface area contributed by atoms with Crippen LogP contribution in [-0.2, 0) is 0 Å². The van der Waals surface area contributed by atoms with Gasteiger partial charge in [-0.05, 0) is 44.0 Å². The number of nitrogens with one attached hydrogen (secondary N) is 1. The first-order chi connectivity index (χ1) is 15.5. The number of hydrogen-bond acceptors (Lipinski definition) is 5. The van der Waals surface area contributed by atoms with Crippen molar-refractivity contribution in [3.63, 3.8) is 0 Å². The topological polar surface area (TPSA) is 84.4 Å². The Morgan fingerprint density at radius 3 is 2.34 bits per heavy atom. The molecule has 1 N–H and O–H groups in total. The molecule has 1 saturated heterocycles. The fourth-order valence-corrected chi connectivity index (χ4v) is 3.84. The third-order valence-electron chi connectivity index (χ3n) is 5.71. The van der Waals surface area contributed by atoms with Crippen molar-refractivity contribution in [1.82, 2.24) is 20.4 Å². The molecule has 1 aromatic heterocycles. The lowest BCUT2D eigenvalue weighted by atomic mass is 10.00. The van der Waals surface area contributed by atoms with Crippen molar-refractivity contribution in [1.29, 1.82) is 0 Å². The molecule has 0 bridgehead atoms. The highest BCUT2D eigenvalue weighted by atomic mass is 16.5. The number of piperidine rings is 1. The third-order valence-corrected chi connectivity index (χ3v) is 5.71. The van der Waals surface area contributed by atoms with Gasteiger partial charge in [0, 0.05) is 41.9 Å². The van der Waals surface area contributed by atoms with E-state index < -0.39 is 0 Å². The molecule has 2 aromatic carbocycles. The van der Waals surface area contributed by atoms with Gasteiger partial charge >= 0.3 is 0 Å². The molecular weight excluding hydrogens is 404 g/mol. The van der Waals surface area contributed by atoms with Gasteiger partial charge < -0.3 is 15.0 Å². The maximum atomic E-state index is 13.3. The predicted octanol–water partition coefficient (Wildman–Crippen LogP) is 3.50. The Balaban J connectivity index is 1.40. The van der Waals surface area contributed by atoms with Gasteiger partial charge in [-0.3, -0.25) is 9.59 Å². The number of amides is 2. The first-order valence-corrected chi connectivity index (χ1v) is 10.7. The van der Waals surface area contributed by atoms with Crippen LogP contribution < -0.4 is 10.1 Å². The second-order valence-electron chi connectivity index (χ2n) is 7.91. The zero-order valence-corrected chi connectivity index (χ0v) is 18.2. The molecule has 0 saturated carbocycles. The molecule has 4 rings (SSSR count). The van der Waals surface area contributed by atoms with E-state index in [1.54, 1.807) is 12.1 Å². The summed E-state index contributed by atoms with van der Waals surface area (Å²) in [5.41, 5.74) is 3.73. The number of hydrogen-bond donors (Lipinski definition) is 1. The molecule has 0 radical (unpaired) electrons. The molecule has 0 spiro atoms. The number of ether oxygens (including phenoxy) is 1. The Morgan fingerprint density at radius 2 is 1.69 bits per heavy atom. The number of carbonyl (C=O) groups excluding carboxylic acids is 2. The monoisotopic (exact) mass is 430 g/mol. The van der Waals surface area contributed by atoms with Crippen LogP contribution in [0.3, 0.4) is 0 Å². The van der Waals surface area contributed by atoms with Gasteiger partial charge in [0.2, 0.25) is 5.88 Å². The second-order valence-corrected chi connectivity index (χ2v) is 7.91. The minimum Gasteiger partial charge on any atom is -0.480 e. The first kappa shape index (κ1) is 21.5. The van der Waals surface area contributed by atoms with E-state index >= 15 is 0 Å². The van der Waals surface area contributed by atoms with Crippen molar-refractivity contribution in [2.24, 2.45) is 0 Å². The van der Waals surface area contributed by atoms with Crippen molar-refractivity contribution in [3.05, 3.63) is 77.4 Å². The van der Waals surface area contributed by atoms with Gasteiger partial charge in [-0.2, -0.15) is 0 Å². The third kappa shape index (κ3) is 4.77. The van der Waals surface area contributed by atoms with E-state index in [1.165, 1.54) is 7.11 Å². The zero-order valence-electron chi connectivity index (χ0n) is 18.2. The van der Waals surface area contributed by atoms with Gasteiger partial charge in [-0.1, -0.05) is 35.9 Å². The Bertz CT molecular complexity index is 1090. The Kier molecular flexibility index (Phi) is 6.44. The fourth-order valence-electron chi connectivity index (χ4n) is 3.84. The van der Waals surface area contributed by atoms with Crippen LogP contribution in [0.4, 0.5) is 0 Å². The molecule has 164 valence electrons. The molecule has 0 aliphatic carbocycles. The maximum Gasteiger partial charge on any atom is 0.254 e. The van der Waals surface area contributed by atoms with Gasteiger partial charge in [-0.25, -0.2) is 0 Å². The molecule has 2 heterocycles. The fraction of sp³-hybridized carbons (Fsp3) is 0.280. The minimum absolute atomic E-state index is 0.0403. The molecule has 2 amide bonds. The summed E-state index contributed by atoms with van der Waals surface area (Å²) in [5, 5.41) is 11.3. The molecule has 7 nitrogen and oxygen atoms in total. The summed E-state index contributed by atoms with van der Waals surface area (Å²) in [4.78, 5) is 27.6. The van der Waals surface area contributed by atoms with Crippen molar-refractivity contribution in [2.75, 3.05) is 20.2 Å². The van der Waals surface area contributed by atoms with Crippen molar-refractivity contribution in [3.8, 4) is 17.1 Å². The molecule has 32 heavy (non-hydrogen) atoms. The number of aryl methyl sites for hydroxylation is 1. The number of carbonyl (C=O) groups is 2. The number of aromatic nitrogens is 2. The molecule has 1 fully saturated rings. The van der Waals surface area contributed by atoms with Crippen LogP contribution >= 0.6 is 0 Å². The van der Waals surface area contributed by atoms with Crippen LogP contribution in [0.15, 0.2) is 60.7 Å². The summed E-state index contributed by atoms with van der Waals surface area (Å²) in [7, 11) is 1.54. The van der Waals surface area contributed by atoms with Crippen molar-refractivity contribution >= 4 is 11.8 Å². The lowest BCUT2D eigenvalue weighted by molar-refractivity contribution is 0.0699. The Labute approximate surface area is 187 Å². The van der Waals surface area contributed by atoms with Gasteiger partial charge in [-0.15, -0.1) is 10.2 Å². The van der Waals surface area contributed by atoms with Crippen LogP contribution in [0.25, 0.3) is 11.3 Å². The van der Waals surface area contributed by atoms with Gasteiger partial charge in [0.05, 0.1) is 12.8 Å². The first-order valence-electron chi connectivity index (χ1n) is 10.7. The maximum absolute atomic E-state index is 13.3. The zero-order chi connectivity index (χ0) is 22.5. The lowest BCUT2D eigenvalue weighted by Gasteiger charge is -2.32. The van der Waals surface area contributed by atoms with E-state index in [1.807, 2.05) is 60.4 Å². The minimum atomic E-state index is -0.0711. The van der Waals surface area contributed by atoms with Crippen LogP contribution in [0, 0.1) is 6.92 Å². The number of methoxy groups -OCH3 is 1. The summed E-state index contributed by atoms with van der Waals surface area (Å²) in [6.45, 7) is 3.16. The largest absolute Gasteiger partial charge is 0.480 e. The quantitative estimate of drug-likeness (QED) is 0.670. The number of nitrogens with zero attached hydrogens (tertiary/aromatic N) is 3. The second kappa shape index (κ2) is 9.60. The molecule has 1 aliphatic heterocycles. The molecule has 0 atom stereocenters. The van der Waals surface area contributed by atoms with Gasteiger partial charge in [0.1, 0.15) is 0 Å². The highest BCUT2D eigenvalue weighted by Crippen LogP contribution is 2.25. The van der Waals surface area contributed by atoms with Gasteiger partial charge in [0.15, 0.2) is 0 Å². The molecule has 1 aliphatic rings. The summed E-state index contributed by atoms with van der Waals surface area (Å²) >= 11 is 0. The average molecular weight is 431 g/mol. The van der Waals surface area contributed by atoms with E-state index in [0.717, 1.165) is 11.1 Å². The summed E-state index contributed by atoms with van der Waals surface area (Å²) in [6, 6.07) is 18.5. The average Bonchev–Trinajstić information content (AvgIpc) is 2.84. The van der Waals surface area contributed by atoms with Crippen LogP contribution in [0.1, 0.15) is 39.1 Å². The summed E-state index contributed by atoms with van der Waals surface area (Å²) in [5.74, 6) is 0.312. The van der Waals surface area contributed by atoms with E-state index in [4.69, 9.17) is 4.74 Å². The number of rotatable bonds is 5. The van der Waals surface area contributed by atoms with Crippen molar-refractivity contribution < 1.29 is 14.3 Å². The Morgan fingerprint density at radius 1 is 0.969 bits per heavy atom. The van der Waals surface area contributed by atoms with Gasteiger partial charge in [0.25, 0.3) is 11.8 Å². The molecule has 3 aromatic rings. The Hall–Kier alpha value is -3.74. The highest BCUT2D eigenvalue weighted by Gasteiger charge is 2.26.